The fourth-order valence-corrected chi connectivity index (χ4v) is 13.2. The molecule has 0 bridgehead atoms. The van der Waals surface area contributed by atoms with Crippen molar-refractivity contribution in [3.63, 3.8) is 0 Å². The highest BCUT2D eigenvalue weighted by Crippen LogP contribution is 2.73. The van der Waals surface area contributed by atoms with E-state index in [1.54, 1.807) is 13.8 Å². The summed E-state index contributed by atoms with van der Waals surface area (Å²) >= 11 is 0. The lowest BCUT2D eigenvalue weighted by molar-refractivity contribution is -0.205. The minimum absolute atomic E-state index is 0.0464. The summed E-state index contributed by atoms with van der Waals surface area (Å²) < 4.78 is 6.17. The van der Waals surface area contributed by atoms with Gasteiger partial charge in [-0.2, -0.15) is 0 Å². The molecular formula is C47H72N2O6. The van der Waals surface area contributed by atoms with E-state index in [4.69, 9.17) is 4.74 Å². The zero-order chi connectivity index (χ0) is 40.3. The maximum Gasteiger partial charge on any atom is 0.309 e. The summed E-state index contributed by atoms with van der Waals surface area (Å²) in [5, 5.41) is 22.2. The lowest BCUT2D eigenvalue weighted by Crippen LogP contribution is -2.62. The SMILES string of the molecule is CC(C)C1=C2[C@H]3CC[C@H]4[C@@H](CC[C@H]5C(C)(C)[C@@H](OC(=O)CC(C)(C)C(=O)O)CC[C@]45C)[C@]3(C)CC[C@@]2([C@H](O)CN(CCN(C)C)Cc2ccccc2)CC1=O. The molecular weight excluding hydrogens is 689 g/mol. The van der Waals surface area contributed by atoms with Gasteiger partial charge in [-0.1, -0.05) is 77.4 Å². The van der Waals surface area contributed by atoms with Gasteiger partial charge in [-0.15, -0.1) is 0 Å². The number of allylic oxidation sites excluding steroid dienone is 1. The molecule has 6 rings (SSSR count). The van der Waals surface area contributed by atoms with Crippen molar-refractivity contribution in [1.82, 2.24) is 9.80 Å². The van der Waals surface area contributed by atoms with Crippen LogP contribution in [-0.4, -0.2) is 83.7 Å². The first kappa shape index (κ1) is 42.1. The summed E-state index contributed by atoms with van der Waals surface area (Å²) in [7, 11) is 4.20. The van der Waals surface area contributed by atoms with Crippen molar-refractivity contribution in [2.75, 3.05) is 33.7 Å². The number of carbonyl (C=O) groups excluding carboxylic acids is 2. The van der Waals surface area contributed by atoms with Gasteiger partial charge in [0.05, 0.1) is 17.9 Å². The zero-order valence-corrected chi connectivity index (χ0v) is 35.7. The molecule has 0 radical (unpaired) electrons. The predicted octanol–water partition coefficient (Wildman–Crippen LogP) is 8.41. The van der Waals surface area contributed by atoms with E-state index in [9.17, 15) is 24.6 Å². The number of carbonyl (C=O) groups is 3. The molecule has 9 atom stereocenters. The van der Waals surface area contributed by atoms with Gasteiger partial charge in [0.2, 0.25) is 0 Å². The number of esters is 1. The number of hydrogen-bond acceptors (Lipinski definition) is 7. The Bertz CT molecular complexity index is 1630. The molecule has 0 saturated heterocycles. The van der Waals surface area contributed by atoms with Gasteiger partial charge >= 0.3 is 11.9 Å². The number of ketones is 1. The van der Waals surface area contributed by atoms with Crippen LogP contribution in [0.4, 0.5) is 0 Å². The highest BCUT2D eigenvalue weighted by molar-refractivity contribution is 6.00. The van der Waals surface area contributed by atoms with E-state index in [1.807, 2.05) is 6.07 Å². The lowest BCUT2D eigenvalue weighted by Gasteiger charge is -2.68. The summed E-state index contributed by atoms with van der Waals surface area (Å²) in [6, 6.07) is 10.5. The van der Waals surface area contributed by atoms with Crippen molar-refractivity contribution in [2.45, 2.75) is 138 Å². The summed E-state index contributed by atoms with van der Waals surface area (Å²) in [4.78, 5) is 43.7. The third-order valence-corrected chi connectivity index (χ3v) is 16.2. The predicted molar refractivity (Wildman–Crippen MR) is 217 cm³/mol. The van der Waals surface area contributed by atoms with E-state index >= 15 is 0 Å². The highest BCUT2D eigenvalue weighted by Gasteiger charge is 2.67. The molecule has 8 heteroatoms. The molecule has 1 aromatic carbocycles. The molecule has 5 aliphatic carbocycles. The number of ether oxygens (including phenoxy) is 1. The van der Waals surface area contributed by atoms with Crippen LogP contribution >= 0.6 is 0 Å². The number of carboxylic acids is 1. The number of aliphatic carboxylic acids is 1. The first-order chi connectivity index (χ1) is 25.7. The minimum Gasteiger partial charge on any atom is -0.481 e. The second-order valence-electron chi connectivity index (χ2n) is 21.0. The van der Waals surface area contributed by atoms with Crippen molar-refractivity contribution >= 4 is 17.7 Å². The average Bonchev–Trinajstić information content (AvgIpc) is 3.42. The smallest absolute Gasteiger partial charge is 0.309 e. The average molecular weight is 761 g/mol. The molecule has 0 amide bonds. The normalized spacial score (nSPS) is 34.9. The molecule has 1 aromatic rings. The number of likely N-dealkylation sites (N-methyl/N-ethyl adjacent to an activating group) is 1. The number of rotatable bonds is 13. The van der Waals surface area contributed by atoms with Crippen LogP contribution in [-0.2, 0) is 25.7 Å². The van der Waals surface area contributed by atoms with Gasteiger partial charge < -0.3 is 19.8 Å². The third-order valence-electron chi connectivity index (χ3n) is 16.2. The molecule has 5 aliphatic rings. The first-order valence-electron chi connectivity index (χ1n) is 21.5. The molecule has 0 unspecified atom stereocenters. The van der Waals surface area contributed by atoms with E-state index in [2.05, 4.69) is 89.7 Å². The third kappa shape index (κ3) is 7.51. The molecule has 0 aromatic heterocycles. The molecule has 0 heterocycles. The highest BCUT2D eigenvalue weighted by atomic mass is 16.5. The Balaban J connectivity index is 1.26. The molecule has 8 nitrogen and oxygen atoms in total. The standard InChI is InChI=1S/C47H72N2O6/c1-30(2)40-35(50)26-47(37(51)29-49(25-24-48(9)10)28-31-14-12-11-13-15-31)23-22-45(7)32-18-19-36-44(5,6)38(55-39(52)27-43(3,4)42(53)54)20-21-46(36,8)33(32)16-17-34(45)41(40)47/h11-15,30,32-34,36-38,51H,16-29H2,1-10H3,(H,53,54)/t32-,33+,34-,36+,37-,38+,45+,46-,47+/m1/s1. The molecule has 306 valence electrons. The Hall–Kier alpha value is -2.55. The Labute approximate surface area is 331 Å². The largest absolute Gasteiger partial charge is 0.481 e. The van der Waals surface area contributed by atoms with Crippen LogP contribution in [0.15, 0.2) is 41.5 Å². The van der Waals surface area contributed by atoms with Crippen LogP contribution in [0.1, 0.15) is 125 Å². The van der Waals surface area contributed by atoms with E-state index in [-0.39, 0.29) is 46.4 Å². The van der Waals surface area contributed by atoms with Gasteiger partial charge in [0, 0.05) is 43.4 Å². The Kier molecular flexibility index (Phi) is 11.7. The topological polar surface area (TPSA) is 107 Å². The van der Waals surface area contributed by atoms with Gasteiger partial charge in [0.25, 0.3) is 0 Å². The number of aliphatic hydroxyl groups excluding tert-OH is 1. The number of carboxylic acid groups (broad SMARTS) is 1. The number of benzene rings is 1. The summed E-state index contributed by atoms with van der Waals surface area (Å²) in [5.74, 6) is 0.730. The summed E-state index contributed by atoms with van der Waals surface area (Å²) in [6.07, 6.45) is 7.47. The van der Waals surface area contributed by atoms with Crippen LogP contribution in [0.2, 0.25) is 0 Å². The fourth-order valence-electron chi connectivity index (χ4n) is 13.2. The van der Waals surface area contributed by atoms with Crippen LogP contribution in [0.5, 0.6) is 0 Å². The quantitative estimate of drug-likeness (QED) is 0.193. The molecule has 55 heavy (non-hydrogen) atoms. The fraction of sp³-hybridized carbons (Fsp3) is 0.766. The van der Waals surface area contributed by atoms with Crippen molar-refractivity contribution in [3.8, 4) is 0 Å². The maximum atomic E-state index is 14.2. The minimum atomic E-state index is -1.16. The molecule has 2 N–H and O–H groups in total. The van der Waals surface area contributed by atoms with Crippen molar-refractivity contribution in [1.29, 1.82) is 0 Å². The van der Waals surface area contributed by atoms with Crippen LogP contribution in [0.25, 0.3) is 0 Å². The monoisotopic (exact) mass is 761 g/mol. The van der Waals surface area contributed by atoms with E-state index in [1.165, 1.54) is 11.1 Å². The van der Waals surface area contributed by atoms with Crippen LogP contribution in [0.3, 0.4) is 0 Å². The second kappa shape index (κ2) is 15.3. The van der Waals surface area contributed by atoms with Gasteiger partial charge in [-0.05, 0) is 131 Å². The second-order valence-corrected chi connectivity index (χ2v) is 21.0. The van der Waals surface area contributed by atoms with Crippen molar-refractivity contribution in [3.05, 3.63) is 47.0 Å². The van der Waals surface area contributed by atoms with Gasteiger partial charge in [-0.25, -0.2) is 0 Å². The molecule has 0 spiro atoms. The number of aliphatic hydroxyl groups is 1. The van der Waals surface area contributed by atoms with Crippen molar-refractivity contribution < 1.29 is 29.3 Å². The first-order valence-corrected chi connectivity index (χ1v) is 21.5. The Morgan fingerprint density at radius 3 is 2.20 bits per heavy atom. The number of fused-ring (bicyclic) bond motifs is 7. The van der Waals surface area contributed by atoms with Crippen LogP contribution in [0, 0.1) is 56.7 Å². The number of hydrogen-bond donors (Lipinski definition) is 2. The van der Waals surface area contributed by atoms with Gasteiger partial charge in [-0.3, -0.25) is 19.3 Å². The van der Waals surface area contributed by atoms with E-state index in [0.29, 0.717) is 30.7 Å². The zero-order valence-electron chi connectivity index (χ0n) is 35.7. The van der Waals surface area contributed by atoms with Gasteiger partial charge in [0.15, 0.2) is 5.78 Å². The van der Waals surface area contributed by atoms with Crippen molar-refractivity contribution in [2.24, 2.45) is 56.7 Å². The van der Waals surface area contributed by atoms with Crippen LogP contribution < -0.4 is 0 Å². The summed E-state index contributed by atoms with van der Waals surface area (Å²) in [6.45, 7) is 20.2. The molecule has 4 saturated carbocycles. The van der Waals surface area contributed by atoms with Gasteiger partial charge in [0.1, 0.15) is 6.10 Å². The molecule has 0 aliphatic heterocycles. The number of nitrogens with zero attached hydrogens (tertiary/aromatic N) is 2. The molecule has 4 fully saturated rings. The maximum absolute atomic E-state index is 14.2. The van der Waals surface area contributed by atoms with E-state index < -0.39 is 28.9 Å². The van der Waals surface area contributed by atoms with E-state index in [0.717, 1.165) is 76.6 Å². The Morgan fingerprint density at radius 2 is 1.56 bits per heavy atom. The number of Topliss-reactive ketones (excluding diaryl/α,β-unsaturated/α-hetero) is 1. The Morgan fingerprint density at radius 1 is 0.909 bits per heavy atom. The lowest BCUT2D eigenvalue weighted by atomic mass is 9.37. The summed E-state index contributed by atoms with van der Waals surface area (Å²) in [5.41, 5.74) is 1.83.